The van der Waals surface area contributed by atoms with Crippen LogP contribution in [0.3, 0.4) is 0 Å². The average Bonchev–Trinajstić information content (AvgIpc) is 3.17. The van der Waals surface area contributed by atoms with Gasteiger partial charge in [0.15, 0.2) is 0 Å². The zero-order valence-corrected chi connectivity index (χ0v) is 26.7. The van der Waals surface area contributed by atoms with Gasteiger partial charge in [-0.2, -0.15) is 0 Å². The number of anilines is 6. The first-order valence-electron chi connectivity index (χ1n) is 16.3. The van der Waals surface area contributed by atoms with E-state index in [2.05, 4.69) is 228 Å². The molecule has 0 radical (unpaired) electrons. The highest BCUT2D eigenvalue weighted by Crippen LogP contribution is 2.35. The number of rotatable bonds is 10. The maximum absolute atomic E-state index is 2.28. The maximum atomic E-state index is 2.28. The topological polar surface area (TPSA) is 6.48 Å². The first kappa shape index (κ1) is 30.3. The first-order valence-corrected chi connectivity index (χ1v) is 16.3. The van der Waals surface area contributed by atoms with Gasteiger partial charge in [0.05, 0.1) is 0 Å². The molecule has 7 aromatic carbocycles. The Balaban J connectivity index is 1.01. The van der Waals surface area contributed by atoms with E-state index >= 15 is 0 Å². The van der Waals surface area contributed by atoms with E-state index < -0.39 is 0 Å². The predicted molar refractivity (Wildman–Crippen MR) is 207 cm³/mol. The second-order valence-electron chi connectivity index (χ2n) is 11.5. The van der Waals surface area contributed by atoms with Gasteiger partial charge in [0.2, 0.25) is 0 Å². The van der Waals surface area contributed by atoms with Crippen LogP contribution >= 0.6 is 0 Å². The molecular weight excluding hydrogens is 581 g/mol. The molecule has 0 amide bonds. The monoisotopic (exact) mass is 616 g/mol. The molecule has 0 spiro atoms. The van der Waals surface area contributed by atoms with E-state index in [4.69, 9.17) is 0 Å². The third-order valence-corrected chi connectivity index (χ3v) is 8.23. The van der Waals surface area contributed by atoms with Crippen LogP contribution in [0.1, 0.15) is 22.3 Å². The fourth-order valence-electron chi connectivity index (χ4n) is 5.77. The highest BCUT2D eigenvalue weighted by Gasteiger charge is 2.12. The zero-order chi connectivity index (χ0) is 32.4. The smallest absolute Gasteiger partial charge is 0.0462 e. The van der Waals surface area contributed by atoms with Crippen LogP contribution in [0.15, 0.2) is 194 Å². The van der Waals surface area contributed by atoms with Gasteiger partial charge in [-0.05, 0) is 95.1 Å². The Bertz CT molecular complexity index is 1830. The van der Waals surface area contributed by atoms with Crippen LogP contribution in [-0.4, -0.2) is 0 Å². The molecule has 0 aliphatic rings. The quantitative estimate of drug-likeness (QED) is 0.141. The highest BCUT2D eigenvalue weighted by molar-refractivity contribution is 5.80. The van der Waals surface area contributed by atoms with Crippen molar-refractivity contribution in [3.05, 3.63) is 216 Å². The van der Waals surface area contributed by atoms with Crippen molar-refractivity contribution in [1.82, 2.24) is 0 Å². The molecule has 0 N–H and O–H groups in total. The highest BCUT2D eigenvalue weighted by atomic mass is 15.1. The lowest BCUT2D eigenvalue weighted by molar-refractivity contribution is 1.28. The van der Waals surface area contributed by atoms with Gasteiger partial charge in [0.1, 0.15) is 0 Å². The van der Waals surface area contributed by atoms with E-state index in [1.807, 2.05) is 0 Å². The Morgan fingerprint density at radius 1 is 0.208 bits per heavy atom. The van der Waals surface area contributed by atoms with Crippen LogP contribution in [0.25, 0.3) is 24.3 Å². The summed E-state index contributed by atoms with van der Waals surface area (Å²) >= 11 is 0. The average molecular weight is 617 g/mol. The summed E-state index contributed by atoms with van der Waals surface area (Å²) in [7, 11) is 0. The fourth-order valence-corrected chi connectivity index (χ4v) is 5.77. The number of para-hydroxylation sites is 4. The molecule has 48 heavy (non-hydrogen) atoms. The summed E-state index contributed by atoms with van der Waals surface area (Å²) < 4.78 is 0. The Morgan fingerprint density at radius 3 is 0.625 bits per heavy atom. The molecule has 2 nitrogen and oxygen atoms in total. The molecule has 0 aliphatic carbocycles. The van der Waals surface area contributed by atoms with Gasteiger partial charge in [-0.25, -0.2) is 0 Å². The minimum Gasteiger partial charge on any atom is -0.311 e. The zero-order valence-electron chi connectivity index (χ0n) is 26.7. The van der Waals surface area contributed by atoms with Crippen molar-refractivity contribution in [2.24, 2.45) is 0 Å². The molecule has 0 bridgehead atoms. The fraction of sp³-hybridized carbons (Fsp3) is 0. The van der Waals surface area contributed by atoms with Crippen molar-refractivity contribution in [3.8, 4) is 0 Å². The van der Waals surface area contributed by atoms with Crippen molar-refractivity contribution in [2.75, 3.05) is 9.80 Å². The minimum atomic E-state index is 1.13. The van der Waals surface area contributed by atoms with Gasteiger partial charge in [-0.1, -0.05) is 146 Å². The number of hydrogen-bond donors (Lipinski definition) is 0. The summed E-state index contributed by atoms with van der Waals surface area (Å²) in [5, 5.41) is 0. The molecule has 0 saturated carbocycles. The van der Waals surface area contributed by atoms with Crippen molar-refractivity contribution in [1.29, 1.82) is 0 Å². The summed E-state index contributed by atoms with van der Waals surface area (Å²) in [6.07, 6.45) is 8.66. The summed E-state index contributed by atoms with van der Waals surface area (Å²) in [6.45, 7) is 0. The molecule has 0 saturated heterocycles. The van der Waals surface area contributed by atoms with E-state index in [-0.39, 0.29) is 0 Å². The van der Waals surface area contributed by atoms with Crippen LogP contribution in [0, 0.1) is 0 Å². The largest absolute Gasteiger partial charge is 0.311 e. The van der Waals surface area contributed by atoms with Crippen molar-refractivity contribution >= 4 is 58.4 Å². The summed E-state index contributed by atoms with van der Waals surface area (Å²) in [5.74, 6) is 0. The summed E-state index contributed by atoms with van der Waals surface area (Å²) in [5.41, 5.74) is 11.4. The molecule has 230 valence electrons. The Kier molecular flexibility index (Phi) is 9.34. The van der Waals surface area contributed by atoms with Gasteiger partial charge < -0.3 is 9.80 Å². The third-order valence-electron chi connectivity index (χ3n) is 8.23. The van der Waals surface area contributed by atoms with Crippen LogP contribution in [0.2, 0.25) is 0 Å². The Morgan fingerprint density at radius 2 is 0.396 bits per heavy atom. The minimum absolute atomic E-state index is 1.13. The second kappa shape index (κ2) is 14.8. The van der Waals surface area contributed by atoms with E-state index in [0.29, 0.717) is 0 Å². The van der Waals surface area contributed by atoms with E-state index in [1.165, 1.54) is 0 Å². The van der Waals surface area contributed by atoms with Gasteiger partial charge in [0.25, 0.3) is 0 Å². The standard InChI is InChI=1S/C46H36N2/c1-5-13-41(14-6-1)47(42-15-7-2-8-16-42)45-33-29-39(30-34-45)27-25-37-21-23-38(24-22-37)26-28-40-31-35-46(36-32-40)48(43-17-9-3-10-18-43)44-19-11-4-12-20-44/h1-36H/b27-25+,28-26?. The SMILES string of the molecule is C(=Cc1ccc(N(c2ccccc2)c2ccccc2)cc1)c1ccc(/C=C/c2ccc(N(c3ccccc3)c3ccccc3)cc2)cc1. The van der Waals surface area contributed by atoms with Gasteiger partial charge in [-0.3, -0.25) is 0 Å². The van der Waals surface area contributed by atoms with Crippen molar-refractivity contribution < 1.29 is 0 Å². The molecule has 0 heterocycles. The molecular formula is C46H36N2. The van der Waals surface area contributed by atoms with Gasteiger partial charge in [-0.15, -0.1) is 0 Å². The third kappa shape index (κ3) is 7.36. The maximum Gasteiger partial charge on any atom is 0.0462 e. The molecule has 7 rings (SSSR count). The van der Waals surface area contributed by atoms with Crippen molar-refractivity contribution in [3.63, 3.8) is 0 Å². The molecule has 0 aromatic heterocycles. The van der Waals surface area contributed by atoms with Crippen LogP contribution in [0.4, 0.5) is 34.1 Å². The lowest BCUT2D eigenvalue weighted by atomic mass is 10.1. The Hall–Kier alpha value is -6.38. The number of hydrogen-bond acceptors (Lipinski definition) is 2. The van der Waals surface area contributed by atoms with Crippen molar-refractivity contribution in [2.45, 2.75) is 0 Å². The molecule has 0 atom stereocenters. The van der Waals surface area contributed by atoms with E-state index in [1.54, 1.807) is 0 Å². The lowest BCUT2D eigenvalue weighted by Crippen LogP contribution is -2.09. The van der Waals surface area contributed by atoms with Crippen LogP contribution in [0.5, 0.6) is 0 Å². The second-order valence-corrected chi connectivity index (χ2v) is 11.5. The molecule has 7 aromatic rings. The molecule has 0 unspecified atom stereocenters. The number of nitrogens with zero attached hydrogens (tertiary/aromatic N) is 2. The summed E-state index contributed by atoms with van der Waals surface area (Å²) in [6, 6.07) is 68.0. The van der Waals surface area contributed by atoms with Gasteiger partial charge in [0, 0.05) is 34.1 Å². The lowest BCUT2D eigenvalue weighted by Gasteiger charge is -2.25. The van der Waals surface area contributed by atoms with Crippen LogP contribution < -0.4 is 9.80 Å². The first-order chi connectivity index (χ1) is 23.8. The number of benzene rings is 7. The molecule has 0 aliphatic heterocycles. The predicted octanol–water partition coefficient (Wildman–Crippen LogP) is 13.0. The van der Waals surface area contributed by atoms with Crippen LogP contribution in [-0.2, 0) is 0 Å². The summed E-state index contributed by atoms with van der Waals surface area (Å²) in [4.78, 5) is 4.55. The molecule has 2 heteroatoms. The normalized spacial score (nSPS) is 11.2. The van der Waals surface area contributed by atoms with Gasteiger partial charge >= 0.3 is 0 Å². The van der Waals surface area contributed by atoms with E-state index in [0.717, 1.165) is 56.4 Å². The van der Waals surface area contributed by atoms with E-state index in [9.17, 15) is 0 Å². The molecule has 0 fully saturated rings. The Labute approximate surface area is 283 Å².